The number of carbonyl (C=O) groups excluding carboxylic acids is 1. The van der Waals surface area contributed by atoms with E-state index in [0.717, 1.165) is 0 Å². The van der Waals surface area contributed by atoms with E-state index in [4.69, 9.17) is 39.5 Å². The third-order valence-electron chi connectivity index (χ3n) is 2.31. The molecule has 0 heterocycles. The Balaban J connectivity index is 2.47. The predicted molar refractivity (Wildman–Crippen MR) is 73.3 cm³/mol. The van der Waals surface area contributed by atoms with Crippen LogP contribution in [0, 0.1) is 5.82 Å². The summed E-state index contributed by atoms with van der Waals surface area (Å²) in [4.78, 5) is 10.8. The summed E-state index contributed by atoms with van der Waals surface area (Å²) in [6.45, 7) is 0. The third kappa shape index (κ3) is 3.00. The standard InChI is InChI=1S/C13H6Cl3FO2/c14-8-4-10(16)12(5-9(8)15)19-13-7(6-18)2-1-3-11(13)17/h1-6H. The van der Waals surface area contributed by atoms with E-state index in [-0.39, 0.29) is 32.1 Å². The number of benzene rings is 2. The summed E-state index contributed by atoms with van der Waals surface area (Å²) in [5.41, 5.74) is 0.0714. The molecule has 0 fully saturated rings. The molecule has 6 heteroatoms. The Kier molecular flexibility index (Phi) is 4.30. The molecule has 19 heavy (non-hydrogen) atoms. The highest BCUT2D eigenvalue weighted by Gasteiger charge is 2.14. The maximum absolute atomic E-state index is 13.6. The molecule has 0 N–H and O–H groups in total. The van der Waals surface area contributed by atoms with Crippen molar-refractivity contribution in [2.45, 2.75) is 0 Å². The van der Waals surface area contributed by atoms with Crippen molar-refractivity contribution in [2.75, 3.05) is 0 Å². The van der Waals surface area contributed by atoms with E-state index in [0.29, 0.717) is 6.29 Å². The van der Waals surface area contributed by atoms with Gasteiger partial charge in [0.15, 0.2) is 17.9 Å². The molecule has 2 nitrogen and oxygen atoms in total. The van der Waals surface area contributed by atoms with Gasteiger partial charge in [0.1, 0.15) is 5.75 Å². The van der Waals surface area contributed by atoms with E-state index >= 15 is 0 Å². The lowest BCUT2D eigenvalue weighted by molar-refractivity contribution is 0.112. The monoisotopic (exact) mass is 318 g/mol. The molecule has 0 saturated heterocycles. The first-order valence-corrected chi connectivity index (χ1v) is 6.22. The third-order valence-corrected chi connectivity index (χ3v) is 3.33. The molecule has 0 radical (unpaired) electrons. The summed E-state index contributed by atoms with van der Waals surface area (Å²) < 4.78 is 19.0. The first-order chi connectivity index (χ1) is 9.02. The fourth-order valence-electron chi connectivity index (χ4n) is 1.42. The molecule has 0 aliphatic heterocycles. The van der Waals surface area contributed by atoms with Crippen molar-refractivity contribution in [1.82, 2.24) is 0 Å². The minimum Gasteiger partial charge on any atom is -0.452 e. The Hall–Kier alpha value is -1.29. The molecule has 0 bridgehead atoms. The van der Waals surface area contributed by atoms with Gasteiger partial charge in [-0.05, 0) is 18.2 Å². The second-order valence-electron chi connectivity index (χ2n) is 3.57. The molecule has 2 rings (SSSR count). The van der Waals surface area contributed by atoms with Crippen LogP contribution in [0.1, 0.15) is 10.4 Å². The lowest BCUT2D eigenvalue weighted by atomic mass is 10.2. The minimum atomic E-state index is -0.674. The van der Waals surface area contributed by atoms with E-state index < -0.39 is 5.82 Å². The molecule has 0 spiro atoms. The molecular weight excluding hydrogens is 313 g/mol. The van der Waals surface area contributed by atoms with E-state index in [1.54, 1.807) is 0 Å². The number of halogens is 4. The second kappa shape index (κ2) is 5.78. The maximum atomic E-state index is 13.6. The number of hydrogen-bond donors (Lipinski definition) is 0. The van der Waals surface area contributed by atoms with Gasteiger partial charge in [0.2, 0.25) is 0 Å². The SMILES string of the molecule is O=Cc1cccc(F)c1Oc1cc(Cl)c(Cl)cc1Cl. The number of rotatable bonds is 3. The lowest BCUT2D eigenvalue weighted by Gasteiger charge is -2.11. The molecule has 98 valence electrons. The topological polar surface area (TPSA) is 26.3 Å². The summed E-state index contributed by atoms with van der Waals surface area (Å²) in [7, 11) is 0. The fourth-order valence-corrected chi connectivity index (χ4v) is 1.99. The van der Waals surface area contributed by atoms with Gasteiger partial charge in [-0.3, -0.25) is 4.79 Å². The molecule has 0 atom stereocenters. The van der Waals surface area contributed by atoms with Gasteiger partial charge in [-0.15, -0.1) is 0 Å². The molecule has 2 aromatic rings. The van der Waals surface area contributed by atoms with E-state index in [1.165, 1.54) is 30.3 Å². The van der Waals surface area contributed by atoms with E-state index in [9.17, 15) is 9.18 Å². The Labute approximate surface area is 123 Å². The zero-order valence-corrected chi connectivity index (χ0v) is 11.6. The first kappa shape index (κ1) is 14.1. The van der Waals surface area contributed by atoms with Crippen molar-refractivity contribution in [3.8, 4) is 11.5 Å². The van der Waals surface area contributed by atoms with Gasteiger partial charge >= 0.3 is 0 Å². The molecule has 0 aromatic heterocycles. The Bertz CT molecular complexity index is 644. The second-order valence-corrected chi connectivity index (χ2v) is 4.80. The predicted octanol–water partition coefficient (Wildman–Crippen LogP) is 5.39. The van der Waals surface area contributed by atoms with Crippen molar-refractivity contribution in [3.63, 3.8) is 0 Å². The van der Waals surface area contributed by atoms with E-state index in [2.05, 4.69) is 0 Å². The quantitative estimate of drug-likeness (QED) is 0.560. The van der Waals surface area contributed by atoms with Gasteiger partial charge in [0.05, 0.1) is 20.6 Å². The molecule has 0 amide bonds. The molecule has 0 unspecified atom stereocenters. The van der Waals surface area contributed by atoms with Gasteiger partial charge in [-0.1, -0.05) is 40.9 Å². The smallest absolute Gasteiger partial charge is 0.173 e. The summed E-state index contributed by atoms with van der Waals surface area (Å²) >= 11 is 17.5. The Morgan fingerprint density at radius 3 is 2.42 bits per heavy atom. The summed E-state index contributed by atoms with van der Waals surface area (Å²) in [6.07, 6.45) is 0.490. The van der Waals surface area contributed by atoms with Crippen LogP contribution in [0.5, 0.6) is 11.5 Å². The minimum absolute atomic E-state index is 0.0714. The van der Waals surface area contributed by atoms with Crippen LogP contribution in [0.25, 0.3) is 0 Å². The van der Waals surface area contributed by atoms with E-state index in [1.807, 2.05) is 0 Å². The van der Waals surface area contributed by atoms with Gasteiger partial charge in [0.25, 0.3) is 0 Å². The lowest BCUT2D eigenvalue weighted by Crippen LogP contribution is -1.94. The van der Waals surface area contributed by atoms with Crippen LogP contribution in [0.4, 0.5) is 4.39 Å². The summed E-state index contributed by atoms with van der Waals surface area (Å²) in [6, 6.07) is 6.74. The van der Waals surface area contributed by atoms with Gasteiger partial charge in [0, 0.05) is 6.07 Å². The average Bonchev–Trinajstić information content (AvgIpc) is 2.38. The molecule has 2 aromatic carbocycles. The van der Waals surface area contributed by atoms with Crippen molar-refractivity contribution in [2.24, 2.45) is 0 Å². The van der Waals surface area contributed by atoms with Crippen LogP contribution >= 0.6 is 34.8 Å². The van der Waals surface area contributed by atoms with Crippen molar-refractivity contribution >= 4 is 41.1 Å². The summed E-state index contributed by atoms with van der Waals surface area (Å²) in [5.74, 6) is -0.770. The fraction of sp³-hybridized carbons (Fsp3) is 0. The highest BCUT2D eigenvalue weighted by molar-refractivity contribution is 6.43. The van der Waals surface area contributed by atoms with Crippen LogP contribution in [-0.4, -0.2) is 6.29 Å². The Morgan fingerprint density at radius 2 is 1.74 bits per heavy atom. The van der Waals surface area contributed by atoms with Gasteiger partial charge in [-0.25, -0.2) is 4.39 Å². The van der Waals surface area contributed by atoms with Gasteiger partial charge in [-0.2, -0.15) is 0 Å². The number of ether oxygens (including phenoxy) is 1. The largest absolute Gasteiger partial charge is 0.452 e. The molecule has 0 aliphatic rings. The van der Waals surface area contributed by atoms with Crippen molar-refractivity contribution < 1.29 is 13.9 Å². The normalized spacial score (nSPS) is 10.3. The van der Waals surface area contributed by atoms with Crippen molar-refractivity contribution in [1.29, 1.82) is 0 Å². The van der Waals surface area contributed by atoms with Crippen LogP contribution in [0.2, 0.25) is 15.1 Å². The maximum Gasteiger partial charge on any atom is 0.173 e. The summed E-state index contributed by atoms with van der Waals surface area (Å²) in [5, 5.41) is 0.628. The van der Waals surface area contributed by atoms with Gasteiger partial charge < -0.3 is 4.74 Å². The molecule has 0 saturated carbocycles. The number of para-hydroxylation sites is 1. The zero-order valence-electron chi connectivity index (χ0n) is 9.29. The molecular formula is C13H6Cl3FO2. The number of carbonyl (C=O) groups is 1. The zero-order chi connectivity index (χ0) is 14.0. The Morgan fingerprint density at radius 1 is 1.05 bits per heavy atom. The van der Waals surface area contributed by atoms with Crippen LogP contribution in [0.3, 0.4) is 0 Å². The highest BCUT2D eigenvalue weighted by atomic mass is 35.5. The van der Waals surface area contributed by atoms with Crippen LogP contribution < -0.4 is 4.74 Å². The van der Waals surface area contributed by atoms with Crippen LogP contribution in [-0.2, 0) is 0 Å². The van der Waals surface area contributed by atoms with Crippen LogP contribution in [0.15, 0.2) is 30.3 Å². The number of hydrogen-bond acceptors (Lipinski definition) is 2. The van der Waals surface area contributed by atoms with Crippen molar-refractivity contribution in [3.05, 3.63) is 56.8 Å². The highest BCUT2D eigenvalue weighted by Crippen LogP contribution is 2.37. The number of aldehydes is 1. The first-order valence-electron chi connectivity index (χ1n) is 5.09. The molecule has 0 aliphatic carbocycles. The average molecular weight is 320 g/mol.